The van der Waals surface area contributed by atoms with Crippen molar-refractivity contribution in [3.05, 3.63) is 0 Å². The fourth-order valence-electron chi connectivity index (χ4n) is 4.35. The van der Waals surface area contributed by atoms with E-state index in [4.69, 9.17) is 9.84 Å². The first-order chi connectivity index (χ1) is 15.8. The molecule has 0 saturated heterocycles. The average molecular weight is 455 g/mol. The summed E-state index contributed by atoms with van der Waals surface area (Å²) in [7, 11) is 0. The van der Waals surface area contributed by atoms with Gasteiger partial charge in [-0.2, -0.15) is 0 Å². The molecule has 0 fully saturated rings. The second-order valence-corrected chi connectivity index (χ2v) is 9.83. The standard InChI is InChI=1S/C29H58O3/c1-2-3-4-5-6-14-17-20-23-26-29(31)32-28-25-22-19-16-13-11-9-7-8-10-12-15-18-21-24-27-30/h30H,2-28H2,1H3. The van der Waals surface area contributed by atoms with E-state index in [0.29, 0.717) is 19.6 Å². The maximum Gasteiger partial charge on any atom is 0.305 e. The zero-order chi connectivity index (χ0) is 23.4. The van der Waals surface area contributed by atoms with E-state index in [1.807, 2.05) is 0 Å². The van der Waals surface area contributed by atoms with Crippen molar-refractivity contribution < 1.29 is 14.6 Å². The van der Waals surface area contributed by atoms with E-state index >= 15 is 0 Å². The highest BCUT2D eigenvalue weighted by molar-refractivity contribution is 5.69. The molecule has 3 heteroatoms. The number of hydrogen-bond acceptors (Lipinski definition) is 3. The molecule has 0 unspecified atom stereocenters. The van der Waals surface area contributed by atoms with Crippen molar-refractivity contribution in [1.29, 1.82) is 0 Å². The van der Waals surface area contributed by atoms with Crippen molar-refractivity contribution in [3.63, 3.8) is 0 Å². The van der Waals surface area contributed by atoms with Crippen LogP contribution in [0.1, 0.15) is 167 Å². The molecule has 192 valence electrons. The summed E-state index contributed by atoms with van der Waals surface area (Å²) in [6.45, 7) is 3.23. The minimum absolute atomic E-state index is 0.0121. The van der Waals surface area contributed by atoms with Gasteiger partial charge in [-0.25, -0.2) is 0 Å². The number of aliphatic hydroxyl groups is 1. The number of hydrogen-bond donors (Lipinski definition) is 1. The Morgan fingerprint density at radius 2 is 0.844 bits per heavy atom. The van der Waals surface area contributed by atoms with Gasteiger partial charge >= 0.3 is 5.97 Å². The number of rotatable bonds is 27. The molecule has 0 aliphatic carbocycles. The van der Waals surface area contributed by atoms with Crippen molar-refractivity contribution in [2.24, 2.45) is 0 Å². The van der Waals surface area contributed by atoms with Crippen molar-refractivity contribution in [3.8, 4) is 0 Å². The van der Waals surface area contributed by atoms with Crippen LogP contribution in [0.15, 0.2) is 0 Å². The molecule has 0 aromatic rings. The maximum atomic E-state index is 11.8. The Kier molecular flexibility index (Phi) is 28.0. The zero-order valence-corrected chi connectivity index (χ0v) is 21.9. The molecular weight excluding hydrogens is 396 g/mol. The molecule has 0 amide bonds. The first-order valence-electron chi connectivity index (χ1n) is 14.6. The lowest BCUT2D eigenvalue weighted by atomic mass is 10.0. The summed E-state index contributed by atoms with van der Waals surface area (Å²) < 4.78 is 5.38. The summed E-state index contributed by atoms with van der Waals surface area (Å²) >= 11 is 0. The van der Waals surface area contributed by atoms with Gasteiger partial charge in [0.25, 0.3) is 0 Å². The second kappa shape index (κ2) is 28.5. The molecule has 0 saturated carbocycles. The fraction of sp³-hybridized carbons (Fsp3) is 0.966. The van der Waals surface area contributed by atoms with Crippen LogP contribution < -0.4 is 0 Å². The fourth-order valence-corrected chi connectivity index (χ4v) is 4.35. The van der Waals surface area contributed by atoms with Gasteiger partial charge in [0.1, 0.15) is 0 Å². The number of aliphatic hydroxyl groups excluding tert-OH is 1. The molecule has 0 bridgehead atoms. The largest absolute Gasteiger partial charge is 0.466 e. The highest BCUT2D eigenvalue weighted by Crippen LogP contribution is 2.14. The molecule has 0 heterocycles. The van der Waals surface area contributed by atoms with Crippen molar-refractivity contribution in [1.82, 2.24) is 0 Å². The van der Waals surface area contributed by atoms with Gasteiger partial charge in [-0.15, -0.1) is 0 Å². The molecular formula is C29H58O3. The van der Waals surface area contributed by atoms with Crippen LogP contribution >= 0.6 is 0 Å². The quantitative estimate of drug-likeness (QED) is 0.0993. The predicted molar refractivity (Wildman–Crippen MR) is 139 cm³/mol. The van der Waals surface area contributed by atoms with E-state index in [2.05, 4.69) is 6.92 Å². The lowest BCUT2D eigenvalue weighted by Crippen LogP contribution is -2.05. The molecule has 0 atom stereocenters. The molecule has 0 aromatic heterocycles. The van der Waals surface area contributed by atoms with Gasteiger partial charge < -0.3 is 9.84 Å². The summed E-state index contributed by atoms with van der Waals surface area (Å²) in [6.07, 6.45) is 31.5. The van der Waals surface area contributed by atoms with Gasteiger partial charge in [-0.3, -0.25) is 4.79 Å². The van der Waals surface area contributed by atoms with Crippen LogP contribution in [0, 0.1) is 0 Å². The minimum Gasteiger partial charge on any atom is -0.466 e. The lowest BCUT2D eigenvalue weighted by Gasteiger charge is -2.06. The number of unbranched alkanes of at least 4 members (excludes halogenated alkanes) is 22. The van der Waals surface area contributed by atoms with E-state index < -0.39 is 0 Å². The normalized spacial score (nSPS) is 11.2. The van der Waals surface area contributed by atoms with Gasteiger partial charge in [0, 0.05) is 13.0 Å². The summed E-state index contributed by atoms with van der Waals surface area (Å²) in [5, 5.41) is 8.75. The zero-order valence-electron chi connectivity index (χ0n) is 21.9. The lowest BCUT2D eigenvalue weighted by molar-refractivity contribution is -0.143. The van der Waals surface area contributed by atoms with Gasteiger partial charge in [-0.1, -0.05) is 142 Å². The van der Waals surface area contributed by atoms with Crippen LogP contribution in [0.25, 0.3) is 0 Å². The third-order valence-corrected chi connectivity index (χ3v) is 6.55. The van der Waals surface area contributed by atoms with Crippen LogP contribution in [0.3, 0.4) is 0 Å². The molecule has 0 aliphatic heterocycles. The summed E-state index contributed by atoms with van der Waals surface area (Å²) in [6, 6.07) is 0. The monoisotopic (exact) mass is 454 g/mol. The van der Waals surface area contributed by atoms with E-state index in [-0.39, 0.29) is 5.97 Å². The Hall–Kier alpha value is -0.570. The van der Waals surface area contributed by atoms with Gasteiger partial charge in [0.15, 0.2) is 0 Å². The van der Waals surface area contributed by atoms with Crippen LogP contribution in [0.4, 0.5) is 0 Å². The average Bonchev–Trinajstić information content (AvgIpc) is 2.80. The summed E-state index contributed by atoms with van der Waals surface area (Å²) in [4.78, 5) is 11.8. The second-order valence-electron chi connectivity index (χ2n) is 9.83. The molecule has 0 spiro atoms. The molecule has 0 aromatic carbocycles. The Balaban J connectivity index is 3.12. The molecule has 0 radical (unpaired) electrons. The first kappa shape index (κ1) is 31.4. The topological polar surface area (TPSA) is 46.5 Å². The predicted octanol–water partition coefficient (Wildman–Crippen LogP) is 9.29. The van der Waals surface area contributed by atoms with E-state index in [9.17, 15) is 4.79 Å². The minimum atomic E-state index is 0.0121. The van der Waals surface area contributed by atoms with E-state index in [1.54, 1.807) is 0 Å². The third kappa shape index (κ3) is 27.5. The van der Waals surface area contributed by atoms with Gasteiger partial charge in [0.05, 0.1) is 6.61 Å². The highest BCUT2D eigenvalue weighted by atomic mass is 16.5. The Labute approximate surface area is 201 Å². The number of ether oxygens (including phenoxy) is 1. The van der Waals surface area contributed by atoms with Crippen LogP contribution in [-0.2, 0) is 9.53 Å². The third-order valence-electron chi connectivity index (χ3n) is 6.55. The number of carbonyl (C=O) groups is 1. The smallest absolute Gasteiger partial charge is 0.305 e. The molecule has 0 aliphatic rings. The molecule has 3 nitrogen and oxygen atoms in total. The summed E-state index contributed by atoms with van der Waals surface area (Å²) in [5.41, 5.74) is 0. The van der Waals surface area contributed by atoms with Crippen molar-refractivity contribution in [2.45, 2.75) is 167 Å². The Bertz CT molecular complexity index is 356. The van der Waals surface area contributed by atoms with Gasteiger partial charge in [-0.05, 0) is 19.3 Å². The van der Waals surface area contributed by atoms with Crippen molar-refractivity contribution in [2.75, 3.05) is 13.2 Å². The molecule has 32 heavy (non-hydrogen) atoms. The first-order valence-corrected chi connectivity index (χ1v) is 14.6. The Morgan fingerprint density at radius 3 is 1.25 bits per heavy atom. The van der Waals surface area contributed by atoms with Crippen LogP contribution in [0.5, 0.6) is 0 Å². The van der Waals surface area contributed by atoms with E-state index in [0.717, 1.165) is 19.3 Å². The summed E-state index contributed by atoms with van der Waals surface area (Å²) in [5.74, 6) is 0.0121. The molecule has 1 N–H and O–H groups in total. The SMILES string of the molecule is CCCCCCCCCCCC(=O)OCCCCCCCCCCCCCCCCCO. The van der Waals surface area contributed by atoms with Crippen LogP contribution in [0.2, 0.25) is 0 Å². The maximum absolute atomic E-state index is 11.8. The molecule has 0 rings (SSSR count). The van der Waals surface area contributed by atoms with Crippen molar-refractivity contribution >= 4 is 5.97 Å². The number of carbonyl (C=O) groups excluding carboxylic acids is 1. The number of esters is 1. The Morgan fingerprint density at radius 1 is 0.500 bits per heavy atom. The van der Waals surface area contributed by atoms with Crippen LogP contribution in [-0.4, -0.2) is 24.3 Å². The van der Waals surface area contributed by atoms with Gasteiger partial charge in [0.2, 0.25) is 0 Å². The van der Waals surface area contributed by atoms with E-state index in [1.165, 1.54) is 135 Å². The highest BCUT2D eigenvalue weighted by Gasteiger charge is 2.02.